The molecule has 28 heavy (non-hydrogen) atoms. The highest BCUT2D eigenvalue weighted by Gasteiger charge is 2.22. The molecule has 1 N–H and O–H groups in total. The van der Waals surface area contributed by atoms with Crippen LogP contribution in [0.15, 0.2) is 46.3 Å². The number of phenols is 1. The summed E-state index contributed by atoms with van der Waals surface area (Å²) in [5, 5.41) is 15.1. The fourth-order valence-corrected chi connectivity index (χ4v) is 5.48. The van der Waals surface area contributed by atoms with Crippen LogP contribution >= 0.6 is 45.2 Å². The summed E-state index contributed by atoms with van der Waals surface area (Å²) in [7, 11) is 0. The Bertz CT molecular complexity index is 1100. The normalized spacial score (nSPS) is 15.5. The van der Waals surface area contributed by atoms with Gasteiger partial charge in [0.1, 0.15) is 11.6 Å². The van der Waals surface area contributed by atoms with Gasteiger partial charge in [-0.25, -0.2) is 4.98 Å². The third-order valence-electron chi connectivity index (χ3n) is 5.11. The number of hydrogen-bond donors (Lipinski definition) is 1. The number of halogens is 2. The lowest BCUT2D eigenvalue weighted by Gasteiger charge is -2.22. The molecule has 0 radical (unpaired) electrons. The summed E-state index contributed by atoms with van der Waals surface area (Å²) in [5.41, 5.74) is 1.43. The number of phenolic OH excluding ortho intramolecular Hbond substituents is 1. The molecule has 0 aliphatic heterocycles. The molecule has 0 bridgehead atoms. The van der Waals surface area contributed by atoms with Crippen molar-refractivity contribution in [2.45, 2.75) is 38.0 Å². The Balaban J connectivity index is 1.84. The van der Waals surface area contributed by atoms with Gasteiger partial charge in [-0.1, -0.05) is 31.4 Å². The topological polar surface area (TPSA) is 67.5 Å². The van der Waals surface area contributed by atoms with E-state index >= 15 is 0 Å². The number of para-hydroxylation sites is 1. The van der Waals surface area contributed by atoms with E-state index in [1.54, 1.807) is 12.3 Å². The largest absolute Gasteiger partial charge is 0.506 e. The lowest BCUT2D eigenvalue weighted by atomic mass is 9.88. The molecule has 1 saturated carbocycles. The van der Waals surface area contributed by atoms with Gasteiger partial charge in [0.2, 0.25) is 0 Å². The Labute approximate surface area is 190 Å². The van der Waals surface area contributed by atoms with E-state index in [9.17, 15) is 9.90 Å². The van der Waals surface area contributed by atoms with E-state index in [0.29, 0.717) is 5.39 Å². The molecule has 3 aromatic rings. The van der Waals surface area contributed by atoms with Crippen LogP contribution in [0.5, 0.6) is 5.75 Å². The van der Waals surface area contributed by atoms with Crippen LogP contribution in [0.1, 0.15) is 49.4 Å². The third-order valence-corrected chi connectivity index (χ3v) is 6.76. The predicted molar refractivity (Wildman–Crippen MR) is 128 cm³/mol. The Morgan fingerprint density at radius 2 is 1.79 bits per heavy atom. The van der Waals surface area contributed by atoms with Crippen LogP contribution < -0.4 is 5.56 Å². The molecule has 1 aromatic heterocycles. The maximum absolute atomic E-state index is 13.2. The molecule has 2 aromatic carbocycles. The molecule has 0 atom stereocenters. The van der Waals surface area contributed by atoms with E-state index in [1.165, 1.54) is 11.1 Å². The third kappa shape index (κ3) is 3.96. The molecular weight excluding hydrogens is 580 g/mol. The summed E-state index contributed by atoms with van der Waals surface area (Å²) >= 11 is 4.19. The highest BCUT2D eigenvalue weighted by molar-refractivity contribution is 14.1. The smallest absolute Gasteiger partial charge is 0.282 e. The molecule has 1 aliphatic carbocycles. The van der Waals surface area contributed by atoms with Gasteiger partial charge in [-0.3, -0.25) is 4.79 Å². The van der Waals surface area contributed by atoms with Gasteiger partial charge < -0.3 is 5.11 Å². The van der Waals surface area contributed by atoms with Crippen LogP contribution in [-0.4, -0.2) is 21.0 Å². The molecule has 0 amide bonds. The molecule has 1 aliphatic rings. The average molecular weight is 599 g/mol. The van der Waals surface area contributed by atoms with E-state index in [2.05, 4.69) is 50.3 Å². The Morgan fingerprint density at radius 3 is 2.50 bits per heavy atom. The van der Waals surface area contributed by atoms with Crippen LogP contribution in [0.4, 0.5) is 0 Å². The van der Waals surface area contributed by atoms with Crippen LogP contribution in [-0.2, 0) is 0 Å². The zero-order valence-corrected chi connectivity index (χ0v) is 19.4. The SMILES string of the molecule is O=c1c2ccccc2nc(C2CCCCC2)n1N=Cc1cc(I)c(O)c(I)c1. The first kappa shape index (κ1) is 19.8. The van der Waals surface area contributed by atoms with E-state index in [4.69, 9.17) is 4.98 Å². The van der Waals surface area contributed by atoms with Gasteiger partial charge >= 0.3 is 0 Å². The van der Waals surface area contributed by atoms with Gasteiger partial charge in [-0.2, -0.15) is 9.78 Å². The second-order valence-electron chi connectivity index (χ2n) is 7.02. The van der Waals surface area contributed by atoms with Crippen molar-refractivity contribution in [3.63, 3.8) is 0 Å². The Kier molecular flexibility index (Phi) is 6.00. The molecule has 4 rings (SSSR count). The van der Waals surface area contributed by atoms with E-state index in [0.717, 1.165) is 49.7 Å². The van der Waals surface area contributed by atoms with Gasteiger partial charge in [0.15, 0.2) is 0 Å². The number of benzene rings is 2. The van der Waals surface area contributed by atoms with Crippen LogP contribution in [0.2, 0.25) is 0 Å². The molecule has 0 unspecified atom stereocenters. The number of hydrogen-bond acceptors (Lipinski definition) is 4. The molecule has 1 fully saturated rings. The van der Waals surface area contributed by atoms with Crippen molar-refractivity contribution < 1.29 is 5.11 Å². The van der Waals surface area contributed by atoms with Gasteiger partial charge in [0.05, 0.1) is 24.3 Å². The van der Waals surface area contributed by atoms with Crippen molar-refractivity contribution in [2.24, 2.45) is 5.10 Å². The zero-order chi connectivity index (χ0) is 19.7. The van der Waals surface area contributed by atoms with Crippen molar-refractivity contribution in [1.29, 1.82) is 0 Å². The van der Waals surface area contributed by atoms with Crippen molar-refractivity contribution in [3.8, 4) is 5.75 Å². The minimum absolute atomic E-state index is 0.134. The summed E-state index contributed by atoms with van der Waals surface area (Å²) < 4.78 is 2.98. The van der Waals surface area contributed by atoms with Crippen molar-refractivity contribution >= 4 is 62.3 Å². The number of fused-ring (bicyclic) bond motifs is 1. The minimum Gasteiger partial charge on any atom is -0.506 e. The van der Waals surface area contributed by atoms with Gasteiger partial charge in [0, 0.05) is 5.92 Å². The van der Waals surface area contributed by atoms with Crippen molar-refractivity contribution in [2.75, 3.05) is 0 Å². The standard InChI is InChI=1S/C21H19I2N3O2/c22-16-10-13(11-17(23)19(16)27)12-24-26-20(14-6-2-1-3-7-14)25-18-9-5-4-8-15(18)21(26)28/h4-5,8-12,14,27H,1-3,6-7H2. The van der Waals surface area contributed by atoms with Crippen molar-refractivity contribution in [1.82, 2.24) is 9.66 Å². The minimum atomic E-state index is -0.134. The summed E-state index contributed by atoms with van der Waals surface area (Å²) in [5.74, 6) is 1.27. The predicted octanol–water partition coefficient (Wildman–Crippen LogP) is 5.24. The lowest BCUT2D eigenvalue weighted by Crippen LogP contribution is -2.25. The van der Waals surface area contributed by atoms with Crippen LogP contribution in [0.25, 0.3) is 10.9 Å². The molecule has 0 saturated heterocycles. The summed E-state index contributed by atoms with van der Waals surface area (Å²) in [4.78, 5) is 18.0. The molecular formula is C21H19I2N3O2. The number of rotatable bonds is 3. The summed E-state index contributed by atoms with van der Waals surface area (Å²) in [6, 6.07) is 11.1. The van der Waals surface area contributed by atoms with Crippen LogP contribution in [0.3, 0.4) is 0 Å². The number of aromatic hydroxyl groups is 1. The number of aromatic nitrogens is 2. The molecule has 0 spiro atoms. The first-order valence-corrected chi connectivity index (χ1v) is 11.4. The monoisotopic (exact) mass is 599 g/mol. The maximum atomic E-state index is 13.2. The van der Waals surface area contributed by atoms with E-state index in [-0.39, 0.29) is 17.2 Å². The summed E-state index contributed by atoms with van der Waals surface area (Å²) in [6.45, 7) is 0. The lowest BCUT2D eigenvalue weighted by molar-refractivity contribution is 0.416. The molecule has 7 heteroatoms. The van der Waals surface area contributed by atoms with E-state index < -0.39 is 0 Å². The Hall–Kier alpha value is -1.49. The van der Waals surface area contributed by atoms with E-state index in [1.807, 2.05) is 30.3 Å². The fraction of sp³-hybridized carbons (Fsp3) is 0.286. The average Bonchev–Trinajstić information content (AvgIpc) is 2.72. The fourth-order valence-electron chi connectivity index (χ4n) is 3.66. The maximum Gasteiger partial charge on any atom is 0.282 e. The molecule has 144 valence electrons. The van der Waals surface area contributed by atoms with Gasteiger partial charge in [-0.05, 0) is 87.9 Å². The zero-order valence-electron chi connectivity index (χ0n) is 15.1. The Morgan fingerprint density at radius 1 is 1.11 bits per heavy atom. The van der Waals surface area contributed by atoms with Gasteiger partial charge in [0.25, 0.3) is 5.56 Å². The number of nitrogens with zero attached hydrogens (tertiary/aromatic N) is 3. The molecule has 1 heterocycles. The molecule has 5 nitrogen and oxygen atoms in total. The van der Waals surface area contributed by atoms with Gasteiger partial charge in [-0.15, -0.1) is 0 Å². The first-order valence-electron chi connectivity index (χ1n) is 9.28. The van der Waals surface area contributed by atoms with Crippen LogP contribution in [0, 0.1) is 7.14 Å². The van der Waals surface area contributed by atoms with Crippen molar-refractivity contribution in [3.05, 3.63) is 65.3 Å². The highest BCUT2D eigenvalue weighted by atomic mass is 127. The summed E-state index contributed by atoms with van der Waals surface area (Å²) in [6.07, 6.45) is 7.30. The highest BCUT2D eigenvalue weighted by Crippen LogP contribution is 2.32. The quantitative estimate of drug-likeness (QED) is 0.331. The second kappa shape index (κ2) is 8.48. The first-order chi connectivity index (χ1) is 13.5. The second-order valence-corrected chi connectivity index (χ2v) is 9.34.